The first-order chi connectivity index (χ1) is 5.49. The Balaban J connectivity index is 4.47. The van der Waals surface area contributed by atoms with Crippen LogP contribution in [-0.4, -0.2) is 0 Å². The van der Waals surface area contributed by atoms with Crippen LogP contribution in [0.3, 0.4) is 0 Å². The first kappa shape index (κ1) is 11.3. The van der Waals surface area contributed by atoms with Crippen LogP contribution in [-0.2, 0) is 0 Å². The maximum Gasteiger partial charge on any atom is 0.189 e. The van der Waals surface area contributed by atoms with Gasteiger partial charge in [-0.05, 0) is 18.9 Å². The van der Waals surface area contributed by atoms with Crippen LogP contribution in [0.2, 0.25) is 0 Å². The molecule has 0 spiro atoms. The summed E-state index contributed by atoms with van der Waals surface area (Å²) in [5, 5.41) is 0. The molecule has 0 amide bonds. The zero-order chi connectivity index (χ0) is 9.72. The maximum absolute atomic E-state index is 12.7. The highest BCUT2D eigenvalue weighted by molar-refractivity contribution is 5.21. The van der Waals surface area contributed by atoms with Crippen molar-refractivity contribution in [2.45, 2.75) is 27.2 Å². The number of halogens is 3. The quantitative estimate of drug-likeness (QED) is 0.572. The molecule has 0 atom stereocenters. The van der Waals surface area contributed by atoms with Gasteiger partial charge >= 0.3 is 0 Å². The van der Waals surface area contributed by atoms with Gasteiger partial charge in [-0.3, -0.25) is 0 Å². The largest absolute Gasteiger partial charge is 0.208 e. The first-order valence-electron chi connectivity index (χ1n) is 3.85. The van der Waals surface area contributed by atoms with Crippen molar-refractivity contribution in [2.24, 2.45) is 5.92 Å². The molecule has 0 N–H and O–H groups in total. The predicted octanol–water partition coefficient (Wildman–Crippen LogP) is 4.06. The summed E-state index contributed by atoms with van der Waals surface area (Å²) in [5.74, 6) is -3.53. The summed E-state index contributed by atoms with van der Waals surface area (Å²) in [4.78, 5) is 0. The van der Waals surface area contributed by atoms with Crippen molar-refractivity contribution >= 4 is 0 Å². The van der Waals surface area contributed by atoms with E-state index < -0.39 is 17.5 Å². The summed E-state index contributed by atoms with van der Waals surface area (Å²) in [6, 6.07) is 0. The lowest BCUT2D eigenvalue weighted by Gasteiger charge is -2.02. The molecule has 0 bridgehead atoms. The van der Waals surface area contributed by atoms with Gasteiger partial charge in [-0.25, -0.2) is 13.2 Å². The van der Waals surface area contributed by atoms with Crippen molar-refractivity contribution in [1.29, 1.82) is 0 Å². The van der Waals surface area contributed by atoms with Gasteiger partial charge in [0.15, 0.2) is 11.7 Å². The molecule has 0 fully saturated rings. The Labute approximate surface area is 70.8 Å². The number of allylic oxidation sites excluding steroid dienone is 4. The molecule has 0 aliphatic heterocycles. The SMILES string of the molecule is C/C=C(F)\C(F)=C(\F)CC(C)C. The molecule has 0 unspecified atom stereocenters. The molecular weight excluding hydrogens is 165 g/mol. The minimum atomic E-state index is -1.37. The summed E-state index contributed by atoms with van der Waals surface area (Å²) in [7, 11) is 0. The fourth-order valence-electron chi connectivity index (χ4n) is 0.704. The molecule has 0 radical (unpaired) electrons. The summed E-state index contributed by atoms with van der Waals surface area (Å²) in [5.41, 5.74) is 0. The fraction of sp³-hybridized carbons (Fsp3) is 0.556. The first-order valence-corrected chi connectivity index (χ1v) is 3.85. The standard InChI is InChI=1S/C9H13F3/c1-4-7(10)9(12)8(11)5-6(2)3/h4,6H,5H2,1-3H3/b7-4+,9-8-. The third-order valence-electron chi connectivity index (χ3n) is 1.29. The molecule has 0 aliphatic carbocycles. The molecule has 0 saturated carbocycles. The minimum Gasteiger partial charge on any atom is -0.208 e. The topological polar surface area (TPSA) is 0 Å². The van der Waals surface area contributed by atoms with E-state index in [-0.39, 0.29) is 12.3 Å². The van der Waals surface area contributed by atoms with E-state index in [1.54, 1.807) is 13.8 Å². The highest BCUT2D eigenvalue weighted by Gasteiger charge is 2.11. The Bertz CT molecular complexity index is 202. The normalized spacial score (nSPS) is 15.1. The van der Waals surface area contributed by atoms with E-state index in [0.717, 1.165) is 6.08 Å². The van der Waals surface area contributed by atoms with Gasteiger partial charge in [0.25, 0.3) is 0 Å². The minimum absolute atomic E-state index is 0.0135. The molecule has 0 rings (SSSR count). The van der Waals surface area contributed by atoms with Gasteiger partial charge < -0.3 is 0 Å². The molecule has 12 heavy (non-hydrogen) atoms. The maximum atomic E-state index is 12.7. The summed E-state index contributed by atoms with van der Waals surface area (Å²) < 4.78 is 37.7. The third-order valence-corrected chi connectivity index (χ3v) is 1.29. The highest BCUT2D eigenvalue weighted by atomic mass is 19.2. The van der Waals surface area contributed by atoms with Gasteiger partial charge in [0.05, 0.1) is 0 Å². The van der Waals surface area contributed by atoms with E-state index >= 15 is 0 Å². The molecule has 0 aromatic carbocycles. The number of hydrogen-bond donors (Lipinski definition) is 0. The van der Waals surface area contributed by atoms with Crippen LogP contribution in [0.4, 0.5) is 13.2 Å². The lowest BCUT2D eigenvalue weighted by molar-refractivity contribution is 0.448. The van der Waals surface area contributed by atoms with E-state index in [1.165, 1.54) is 6.92 Å². The zero-order valence-electron chi connectivity index (χ0n) is 7.50. The second-order valence-corrected chi connectivity index (χ2v) is 2.95. The lowest BCUT2D eigenvalue weighted by atomic mass is 10.1. The van der Waals surface area contributed by atoms with Crippen LogP contribution in [0, 0.1) is 5.92 Å². The molecule has 0 aromatic rings. The van der Waals surface area contributed by atoms with Crippen molar-refractivity contribution < 1.29 is 13.2 Å². The second kappa shape index (κ2) is 5.01. The van der Waals surface area contributed by atoms with Crippen LogP contribution in [0.15, 0.2) is 23.6 Å². The van der Waals surface area contributed by atoms with Gasteiger partial charge in [-0.15, -0.1) is 0 Å². The van der Waals surface area contributed by atoms with Crippen molar-refractivity contribution in [2.75, 3.05) is 0 Å². The van der Waals surface area contributed by atoms with Gasteiger partial charge in [-0.2, -0.15) is 0 Å². The summed E-state index contributed by atoms with van der Waals surface area (Å²) in [6.07, 6.45) is 0.836. The average molecular weight is 178 g/mol. The smallest absolute Gasteiger partial charge is 0.189 e. The summed E-state index contributed by atoms with van der Waals surface area (Å²) >= 11 is 0. The van der Waals surface area contributed by atoms with E-state index in [9.17, 15) is 13.2 Å². The number of hydrogen-bond acceptors (Lipinski definition) is 0. The zero-order valence-corrected chi connectivity index (χ0v) is 7.50. The van der Waals surface area contributed by atoms with Gasteiger partial charge in [0.2, 0.25) is 0 Å². The van der Waals surface area contributed by atoms with Crippen molar-refractivity contribution in [3.63, 3.8) is 0 Å². The van der Waals surface area contributed by atoms with Crippen molar-refractivity contribution in [3.8, 4) is 0 Å². The molecule has 70 valence electrons. The second-order valence-electron chi connectivity index (χ2n) is 2.95. The van der Waals surface area contributed by atoms with E-state index in [0.29, 0.717) is 0 Å². The molecule has 0 nitrogen and oxygen atoms in total. The molecular formula is C9H13F3. The lowest BCUT2D eigenvalue weighted by Crippen LogP contribution is -1.90. The highest BCUT2D eigenvalue weighted by Crippen LogP contribution is 2.23. The molecule has 0 heterocycles. The molecule has 0 saturated heterocycles. The Hall–Kier alpha value is -0.730. The van der Waals surface area contributed by atoms with Crippen molar-refractivity contribution in [3.05, 3.63) is 23.6 Å². The molecule has 0 aliphatic rings. The van der Waals surface area contributed by atoms with Gasteiger partial charge in [0, 0.05) is 6.42 Å². The van der Waals surface area contributed by atoms with Crippen molar-refractivity contribution in [1.82, 2.24) is 0 Å². The van der Waals surface area contributed by atoms with Crippen LogP contribution >= 0.6 is 0 Å². The molecule has 0 aromatic heterocycles. The van der Waals surface area contributed by atoms with Crippen LogP contribution < -0.4 is 0 Å². The van der Waals surface area contributed by atoms with Crippen LogP contribution in [0.25, 0.3) is 0 Å². The molecule has 3 heteroatoms. The van der Waals surface area contributed by atoms with Crippen LogP contribution in [0.5, 0.6) is 0 Å². The summed E-state index contributed by atoms with van der Waals surface area (Å²) in [6.45, 7) is 4.79. The third kappa shape index (κ3) is 3.60. The average Bonchev–Trinajstić information content (AvgIpc) is 2.00. The predicted molar refractivity (Wildman–Crippen MR) is 43.6 cm³/mol. The monoisotopic (exact) mass is 178 g/mol. The van der Waals surface area contributed by atoms with E-state index in [2.05, 4.69) is 0 Å². The number of rotatable bonds is 3. The Morgan fingerprint density at radius 1 is 1.25 bits per heavy atom. The van der Waals surface area contributed by atoms with Gasteiger partial charge in [-0.1, -0.05) is 13.8 Å². The Morgan fingerprint density at radius 3 is 2.08 bits per heavy atom. The van der Waals surface area contributed by atoms with Gasteiger partial charge in [0.1, 0.15) is 5.83 Å². The van der Waals surface area contributed by atoms with E-state index in [4.69, 9.17) is 0 Å². The Morgan fingerprint density at radius 2 is 1.75 bits per heavy atom. The Kier molecular flexibility index (Phi) is 4.71. The fourth-order valence-corrected chi connectivity index (χ4v) is 0.704. The van der Waals surface area contributed by atoms with E-state index in [1.807, 2.05) is 0 Å². The van der Waals surface area contributed by atoms with Crippen LogP contribution in [0.1, 0.15) is 27.2 Å².